The van der Waals surface area contributed by atoms with E-state index < -0.39 is 11.6 Å². The minimum Gasteiger partial charge on any atom is -0.507 e. The molecule has 0 atom stereocenters. The van der Waals surface area contributed by atoms with Crippen LogP contribution in [0.2, 0.25) is 0 Å². The number of hydrogen-bond acceptors (Lipinski definition) is 5. The van der Waals surface area contributed by atoms with Crippen LogP contribution >= 0.6 is 0 Å². The molecule has 0 bridgehead atoms. The summed E-state index contributed by atoms with van der Waals surface area (Å²) in [6.07, 6.45) is 8.35. The normalized spacial score (nSPS) is 15.0. The Bertz CT molecular complexity index is 929. The van der Waals surface area contributed by atoms with Gasteiger partial charge in [0.1, 0.15) is 11.5 Å². The lowest BCUT2D eigenvalue weighted by Crippen LogP contribution is -2.27. The maximum atomic E-state index is 12.7. The number of Topliss-reactive ketones (excluding diaryl/α,β-unsaturated/α-hetero) is 2. The SMILES string of the molecule is CCCCCCCCc1ccc(N=C2CC(=O)c3c(O)ccc(O)c3C2=O)cc1. The van der Waals surface area contributed by atoms with E-state index in [-0.39, 0.29) is 34.8 Å². The summed E-state index contributed by atoms with van der Waals surface area (Å²) in [5.74, 6) is -1.57. The van der Waals surface area contributed by atoms with Crippen LogP contribution in [0.3, 0.4) is 0 Å². The molecule has 0 amide bonds. The lowest BCUT2D eigenvalue weighted by atomic mass is 9.86. The molecule has 0 spiro atoms. The Balaban J connectivity index is 1.68. The average molecular weight is 393 g/mol. The van der Waals surface area contributed by atoms with Crippen LogP contribution in [-0.2, 0) is 6.42 Å². The van der Waals surface area contributed by atoms with Crippen LogP contribution in [0, 0.1) is 0 Å². The molecule has 2 aromatic carbocycles. The number of phenols is 2. The van der Waals surface area contributed by atoms with Gasteiger partial charge < -0.3 is 10.2 Å². The number of unbranched alkanes of at least 4 members (excludes halogenated alkanes) is 5. The highest BCUT2D eigenvalue weighted by atomic mass is 16.3. The zero-order chi connectivity index (χ0) is 20.8. The van der Waals surface area contributed by atoms with Crippen LogP contribution in [0.15, 0.2) is 41.4 Å². The second-order valence-corrected chi connectivity index (χ2v) is 7.53. The van der Waals surface area contributed by atoms with E-state index in [4.69, 9.17) is 0 Å². The zero-order valence-electron chi connectivity index (χ0n) is 16.8. The molecule has 152 valence electrons. The van der Waals surface area contributed by atoms with Crippen molar-refractivity contribution in [1.29, 1.82) is 0 Å². The van der Waals surface area contributed by atoms with Gasteiger partial charge in [-0.2, -0.15) is 0 Å². The van der Waals surface area contributed by atoms with E-state index in [9.17, 15) is 19.8 Å². The van der Waals surface area contributed by atoms with E-state index in [2.05, 4.69) is 11.9 Å². The number of carbonyl (C=O) groups is 2. The quantitative estimate of drug-likeness (QED) is 0.455. The van der Waals surface area contributed by atoms with E-state index >= 15 is 0 Å². The second kappa shape index (κ2) is 9.50. The van der Waals surface area contributed by atoms with Crippen LogP contribution in [0.25, 0.3) is 0 Å². The number of fused-ring (bicyclic) bond motifs is 1. The summed E-state index contributed by atoms with van der Waals surface area (Å²) in [4.78, 5) is 29.4. The number of benzene rings is 2. The fourth-order valence-corrected chi connectivity index (χ4v) is 3.65. The van der Waals surface area contributed by atoms with Crippen molar-refractivity contribution in [3.63, 3.8) is 0 Å². The molecule has 3 rings (SSSR count). The van der Waals surface area contributed by atoms with Crippen molar-refractivity contribution in [2.45, 2.75) is 58.3 Å². The smallest absolute Gasteiger partial charge is 0.212 e. The maximum absolute atomic E-state index is 12.7. The van der Waals surface area contributed by atoms with Crippen LogP contribution in [0.4, 0.5) is 5.69 Å². The number of aliphatic imine (C=N–C) groups is 1. The van der Waals surface area contributed by atoms with E-state index in [0.717, 1.165) is 12.8 Å². The third kappa shape index (κ3) is 4.91. The van der Waals surface area contributed by atoms with Gasteiger partial charge >= 0.3 is 0 Å². The minimum atomic E-state index is -0.524. The molecule has 2 N–H and O–H groups in total. The molecule has 0 radical (unpaired) electrons. The van der Waals surface area contributed by atoms with E-state index in [1.165, 1.54) is 49.8 Å². The lowest BCUT2D eigenvalue weighted by Gasteiger charge is -2.17. The highest BCUT2D eigenvalue weighted by molar-refractivity contribution is 6.53. The number of aromatic hydroxyl groups is 2. The van der Waals surface area contributed by atoms with Gasteiger partial charge in [-0.25, -0.2) is 4.99 Å². The van der Waals surface area contributed by atoms with Crippen LogP contribution in [0.5, 0.6) is 11.5 Å². The molecule has 0 saturated heterocycles. The van der Waals surface area contributed by atoms with Gasteiger partial charge in [0.05, 0.1) is 28.9 Å². The van der Waals surface area contributed by atoms with E-state index in [0.29, 0.717) is 5.69 Å². The van der Waals surface area contributed by atoms with E-state index in [1.807, 2.05) is 24.3 Å². The third-order valence-electron chi connectivity index (χ3n) is 5.28. The predicted octanol–water partition coefficient (Wildman–Crippen LogP) is 5.54. The van der Waals surface area contributed by atoms with Gasteiger partial charge in [-0.1, -0.05) is 51.2 Å². The third-order valence-corrected chi connectivity index (χ3v) is 5.28. The predicted molar refractivity (Wildman–Crippen MR) is 114 cm³/mol. The lowest BCUT2D eigenvalue weighted by molar-refractivity contribution is 0.0960. The Morgan fingerprint density at radius 3 is 2.14 bits per heavy atom. The summed E-state index contributed by atoms with van der Waals surface area (Å²) in [6, 6.07) is 10.1. The van der Waals surface area contributed by atoms with Gasteiger partial charge in [0.15, 0.2) is 5.78 Å². The molecule has 1 aliphatic rings. The minimum absolute atomic E-state index is 0.0760. The van der Waals surface area contributed by atoms with Gasteiger partial charge in [0.2, 0.25) is 5.78 Å². The molecule has 0 unspecified atom stereocenters. The first kappa shape index (κ1) is 20.8. The number of carbonyl (C=O) groups excluding carboxylic acids is 2. The van der Waals surface area contributed by atoms with Crippen LogP contribution in [-0.4, -0.2) is 27.5 Å². The summed E-state index contributed by atoms with van der Waals surface area (Å²) in [6.45, 7) is 2.22. The number of hydrogen-bond donors (Lipinski definition) is 2. The van der Waals surface area contributed by atoms with E-state index in [1.54, 1.807) is 0 Å². The Labute approximate surface area is 171 Å². The molecular formula is C24H27NO4. The highest BCUT2D eigenvalue weighted by Crippen LogP contribution is 2.34. The van der Waals surface area contributed by atoms with Crippen molar-refractivity contribution in [2.75, 3.05) is 0 Å². The Hall–Kier alpha value is -2.95. The zero-order valence-corrected chi connectivity index (χ0v) is 16.8. The first-order valence-corrected chi connectivity index (χ1v) is 10.3. The largest absolute Gasteiger partial charge is 0.507 e. The topological polar surface area (TPSA) is 87.0 Å². The molecule has 0 heterocycles. The molecule has 5 nitrogen and oxygen atoms in total. The van der Waals surface area contributed by atoms with Gasteiger partial charge in [-0.05, 0) is 42.7 Å². The first-order chi connectivity index (χ1) is 14.0. The van der Waals surface area contributed by atoms with Crippen LogP contribution < -0.4 is 0 Å². The fraction of sp³-hybridized carbons (Fsp3) is 0.375. The molecule has 1 aliphatic carbocycles. The Morgan fingerprint density at radius 1 is 0.828 bits per heavy atom. The summed E-state index contributed by atoms with van der Waals surface area (Å²) in [5, 5.41) is 19.9. The summed E-state index contributed by atoms with van der Waals surface area (Å²) in [5.41, 5.74) is 1.61. The molecule has 5 heteroatoms. The fourth-order valence-electron chi connectivity index (χ4n) is 3.65. The number of rotatable bonds is 8. The molecule has 2 aromatic rings. The molecule has 29 heavy (non-hydrogen) atoms. The summed E-state index contributed by atoms with van der Waals surface area (Å²) >= 11 is 0. The standard InChI is InChI=1S/C24H27NO4/c1-2-3-4-5-6-7-8-16-9-11-17(12-10-16)25-18-15-21(28)22-19(26)13-14-20(27)23(22)24(18)29/h9-14,26-27H,2-8,15H2,1H3. The van der Waals surface area contributed by atoms with Crippen molar-refractivity contribution in [3.05, 3.63) is 53.1 Å². The van der Waals surface area contributed by atoms with Crippen molar-refractivity contribution in [3.8, 4) is 11.5 Å². The molecule has 0 aromatic heterocycles. The first-order valence-electron chi connectivity index (χ1n) is 10.3. The number of phenolic OH excluding ortho intramolecular Hbond substituents is 2. The van der Waals surface area contributed by atoms with Crippen molar-refractivity contribution >= 4 is 23.0 Å². The number of aryl methyl sites for hydroxylation is 1. The number of nitrogens with zero attached hydrogens (tertiary/aromatic N) is 1. The monoisotopic (exact) mass is 393 g/mol. The summed E-state index contributed by atoms with van der Waals surface area (Å²) in [7, 11) is 0. The Kier molecular flexibility index (Phi) is 6.81. The van der Waals surface area contributed by atoms with Gasteiger partial charge in [-0.3, -0.25) is 9.59 Å². The van der Waals surface area contributed by atoms with Gasteiger partial charge in [0.25, 0.3) is 0 Å². The molecule has 0 saturated carbocycles. The van der Waals surface area contributed by atoms with Crippen molar-refractivity contribution in [1.82, 2.24) is 0 Å². The number of ketones is 2. The summed E-state index contributed by atoms with van der Waals surface area (Å²) < 4.78 is 0. The van der Waals surface area contributed by atoms with Crippen LogP contribution in [0.1, 0.15) is 78.1 Å². The van der Waals surface area contributed by atoms with Gasteiger partial charge in [0, 0.05) is 0 Å². The molecular weight excluding hydrogens is 366 g/mol. The molecule has 0 fully saturated rings. The van der Waals surface area contributed by atoms with Gasteiger partial charge in [-0.15, -0.1) is 0 Å². The highest BCUT2D eigenvalue weighted by Gasteiger charge is 2.34. The Morgan fingerprint density at radius 2 is 1.45 bits per heavy atom. The van der Waals surface area contributed by atoms with Crippen molar-refractivity contribution < 1.29 is 19.8 Å². The average Bonchev–Trinajstić information content (AvgIpc) is 2.71. The van der Waals surface area contributed by atoms with Crippen molar-refractivity contribution in [2.24, 2.45) is 4.99 Å². The second-order valence-electron chi connectivity index (χ2n) is 7.53. The maximum Gasteiger partial charge on any atom is 0.212 e. The molecule has 0 aliphatic heterocycles.